The number of para-hydroxylation sites is 1. The molecule has 1 heterocycles. The zero-order valence-electron chi connectivity index (χ0n) is 10.5. The molecule has 1 aliphatic carbocycles. The Morgan fingerprint density at radius 3 is 2.70 bits per heavy atom. The predicted molar refractivity (Wildman–Crippen MR) is 68.1 cm³/mol. The molecule has 0 unspecified atom stereocenters. The van der Waals surface area contributed by atoms with Crippen LogP contribution < -0.4 is 10.2 Å². The fourth-order valence-electron chi connectivity index (χ4n) is 2.16. The smallest absolute Gasteiger partial charge is 0.422 e. The first-order valence-electron chi connectivity index (χ1n) is 6.29. The van der Waals surface area contributed by atoms with Crippen LogP contribution in [-0.4, -0.2) is 17.8 Å². The van der Waals surface area contributed by atoms with Crippen molar-refractivity contribution >= 4 is 10.9 Å². The first kappa shape index (κ1) is 13.0. The molecule has 0 atom stereocenters. The highest BCUT2D eigenvalue weighted by molar-refractivity contribution is 5.84. The van der Waals surface area contributed by atoms with Crippen molar-refractivity contribution in [2.75, 3.05) is 6.61 Å². The van der Waals surface area contributed by atoms with Gasteiger partial charge in [0.1, 0.15) is 5.75 Å². The molecule has 20 heavy (non-hydrogen) atoms. The summed E-state index contributed by atoms with van der Waals surface area (Å²) in [6, 6.07) is 6.04. The number of fused-ring (bicyclic) bond motifs is 1. The molecule has 1 aromatic heterocycles. The number of H-pyrrole nitrogens is 1. The molecule has 3 rings (SSSR count). The minimum atomic E-state index is -4.41. The van der Waals surface area contributed by atoms with Gasteiger partial charge in [-0.1, -0.05) is 6.07 Å². The van der Waals surface area contributed by atoms with Gasteiger partial charge in [0.05, 0.1) is 5.52 Å². The third-order valence-corrected chi connectivity index (χ3v) is 3.26. The summed E-state index contributed by atoms with van der Waals surface area (Å²) < 4.78 is 41.5. The molecule has 0 radical (unpaired) electrons. The van der Waals surface area contributed by atoms with Crippen LogP contribution in [0.1, 0.15) is 24.5 Å². The van der Waals surface area contributed by atoms with E-state index in [4.69, 9.17) is 4.74 Å². The number of aromatic amines is 1. The van der Waals surface area contributed by atoms with Crippen LogP contribution in [0.15, 0.2) is 29.1 Å². The lowest BCUT2D eigenvalue weighted by molar-refractivity contribution is -0.153. The number of hydrogen-bond acceptors (Lipinski definition) is 2. The van der Waals surface area contributed by atoms with Gasteiger partial charge in [0.2, 0.25) is 0 Å². The zero-order chi connectivity index (χ0) is 14.3. The van der Waals surface area contributed by atoms with Crippen LogP contribution in [0.3, 0.4) is 0 Å². The third kappa shape index (κ3) is 2.64. The lowest BCUT2D eigenvalue weighted by atomic mass is 10.1. The Kier molecular flexibility index (Phi) is 2.96. The van der Waals surface area contributed by atoms with Gasteiger partial charge in [0, 0.05) is 17.1 Å². The zero-order valence-corrected chi connectivity index (χ0v) is 10.5. The molecule has 0 spiro atoms. The summed E-state index contributed by atoms with van der Waals surface area (Å²) in [5.74, 6) is 0.363. The summed E-state index contributed by atoms with van der Waals surface area (Å²) in [4.78, 5) is 15.0. The number of rotatable bonds is 3. The molecule has 1 saturated carbocycles. The van der Waals surface area contributed by atoms with E-state index >= 15 is 0 Å². The maximum absolute atomic E-state index is 12.2. The number of halogens is 3. The maximum Gasteiger partial charge on any atom is 0.422 e. The molecule has 1 aliphatic rings. The van der Waals surface area contributed by atoms with Gasteiger partial charge in [0.15, 0.2) is 12.0 Å². The van der Waals surface area contributed by atoms with Crippen LogP contribution >= 0.6 is 0 Å². The van der Waals surface area contributed by atoms with Crippen molar-refractivity contribution in [1.82, 2.24) is 4.98 Å². The highest BCUT2D eigenvalue weighted by Crippen LogP contribution is 2.39. The highest BCUT2D eigenvalue weighted by Gasteiger charge is 2.29. The van der Waals surface area contributed by atoms with E-state index in [0.717, 1.165) is 18.5 Å². The van der Waals surface area contributed by atoms with E-state index in [1.807, 2.05) is 0 Å². The number of hydrogen-bond donors (Lipinski definition) is 1. The number of ether oxygens (including phenoxy) is 1. The van der Waals surface area contributed by atoms with Crippen molar-refractivity contribution < 1.29 is 17.9 Å². The highest BCUT2D eigenvalue weighted by atomic mass is 19.4. The average molecular weight is 283 g/mol. The topological polar surface area (TPSA) is 42.1 Å². The number of alkyl halides is 3. The average Bonchev–Trinajstić information content (AvgIpc) is 3.19. The molecule has 0 saturated heterocycles. The lowest BCUT2D eigenvalue weighted by Gasteiger charge is -2.12. The fourth-order valence-corrected chi connectivity index (χ4v) is 2.16. The standard InChI is InChI=1S/C14H12F3NO2/c15-14(16,17)7-20-12-3-1-2-9-11(19)6-10(8-4-5-8)18-13(9)12/h1-3,6,8H,4-5,7H2,(H,18,19). The first-order valence-corrected chi connectivity index (χ1v) is 6.29. The lowest BCUT2D eigenvalue weighted by Crippen LogP contribution is -2.19. The van der Waals surface area contributed by atoms with Crippen LogP contribution in [0.2, 0.25) is 0 Å². The van der Waals surface area contributed by atoms with Gasteiger partial charge in [-0.25, -0.2) is 0 Å². The van der Waals surface area contributed by atoms with Crippen LogP contribution in [0, 0.1) is 0 Å². The van der Waals surface area contributed by atoms with Gasteiger partial charge in [-0.3, -0.25) is 4.79 Å². The van der Waals surface area contributed by atoms with Crippen molar-refractivity contribution in [3.05, 3.63) is 40.2 Å². The molecule has 1 fully saturated rings. The Morgan fingerprint density at radius 1 is 1.30 bits per heavy atom. The van der Waals surface area contributed by atoms with E-state index in [-0.39, 0.29) is 11.2 Å². The van der Waals surface area contributed by atoms with Gasteiger partial charge >= 0.3 is 6.18 Å². The Hall–Kier alpha value is -1.98. The molecule has 0 amide bonds. The minimum Gasteiger partial charge on any atom is -0.482 e. The van der Waals surface area contributed by atoms with E-state index in [1.54, 1.807) is 6.07 Å². The Bertz CT molecular complexity index is 702. The number of aromatic nitrogens is 1. The van der Waals surface area contributed by atoms with Crippen molar-refractivity contribution in [2.24, 2.45) is 0 Å². The molecule has 0 bridgehead atoms. The van der Waals surface area contributed by atoms with E-state index in [2.05, 4.69) is 4.98 Å². The molecule has 1 N–H and O–H groups in total. The Labute approximate surface area is 112 Å². The number of pyridine rings is 1. The molecule has 6 heteroatoms. The van der Waals surface area contributed by atoms with Crippen molar-refractivity contribution in [3.8, 4) is 5.75 Å². The van der Waals surface area contributed by atoms with E-state index in [1.165, 1.54) is 18.2 Å². The predicted octanol–water partition coefficient (Wildman–Crippen LogP) is 3.35. The normalized spacial score (nSPS) is 15.6. The summed E-state index contributed by atoms with van der Waals surface area (Å²) in [6.07, 6.45) is -2.42. The van der Waals surface area contributed by atoms with Crippen molar-refractivity contribution in [1.29, 1.82) is 0 Å². The molecule has 2 aromatic rings. The van der Waals surface area contributed by atoms with Crippen LogP contribution in [-0.2, 0) is 0 Å². The van der Waals surface area contributed by atoms with Crippen molar-refractivity contribution in [2.45, 2.75) is 24.9 Å². The van der Waals surface area contributed by atoms with Crippen LogP contribution in [0.4, 0.5) is 13.2 Å². The summed E-state index contributed by atoms with van der Waals surface area (Å²) >= 11 is 0. The first-order chi connectivity index (χ1) is 9.44. The van der Waals surface area contributed by atoms with Crippen molar-refractivity contribution in [3.63, 3.8) is 0 Å². The van der Waals surface area contributed by atoms with Gasteiger partial charge in [-0.15, -0.1) is 0 Å². The molecular formula is C14H12F3NO2. The van der Waals surface area contributed by atoms with Crippen LogP contribution in [0.25, 0.3) is 10.9 Å². The molecule has 3 nitrogen and oxygen atoms in total. The quantitative estimate of drug-likeness (QED) is 0.938. The van der Waals surface area contributed by atoms with E-state index in [0.29, 0.717) is 16.8 Å². The summed E-state index contributed by atoms with van der Waals surface area (Å²) in [5, 5.41) is 0.342. The monoisotopic (exact) mass is 283 g/mol. The van der Waals surface area contributed by atoms with Gasteiger partial charge < -0.3 is 9.72 Å². The second-order valence-corrected chi connectivity index (χ2v) is 4.95. The molecule has 0 aliphatic heterocycles. The Morgan fingerprint density at radius 2 is 2.05 bits per heavy atom. The second-order valence-electron chi connectivity index (χ2n) is 4.95. The second kappa shape index (κ2) is 4.54. The third-order valence-electron chi connectivity index (χ3n) is 3.26. The summed E-state index contributed by atoms with van der Waals surface area (Å²) in [7, 11) is 0. The minimum absolute atomic E-state index is 0.0550. The summed E-state index contributed by atoms with van der Waals surface area (Å²) in [6.45, 7) is -1.37. The molecule has 106 valence electrons. The Balaban J connectivity index is 2.05. The molecule has 1 aromatic carbocycles. The maximum atomic E-state index is 12.2. The summed E-state index contributed by atoms with van der Waals surface area (Å²) in [5.41, 5.74) is 0.912. The largest absolute Gasteiger partial charge is 0.482 e. The van der Waals surface area contributed by atoms with E-state index < -0.39 is 12.8 Å². The fraction of sp³-hybridized carbons (Fsp3) is 0.357. The van der Waals surface area contributed by atoms with Gasteiger partial charge in [0.25, 0.3) is 0 Å². The number of benzene rings is 1. The van der Waals surface area contributed by atoms with E-state index in [9.17, 15) is 18.0 Å². The van der Waals surface area contributed by atoms with Gasteiger partial charge in [-0.2, -0.15) is 13.2 Å². The molecular weight excluding hydrogens is 271 g/mol. The van der Waals surface area contributed by atoms with Crippen LogP contribution in [0.5, 0.6) is 5.75 Å². The SMILES string of the molecule is O=c1cc(C2CC2)[nH]c2c(OCC(F)(F)F)cccc12. The van der Waals surface area contributed by atoms with Gasteiger partial charge in [-0.05, 0) is 30.9 Å². The number of nitrogens with one attached hydrogen (secondary N) is 1.